The van der Waals surface area contributed by atoms with E-state index in [1.165, 1.54) is 27.8 Å². The fraction of sp³-hybridized carbons (Fsp3) is 0.105. The molecule has 0 fully saturated rings. The van der Waals surface area contributed by atoms with Gasteiger partial charge in [-0.1, -0.05) is 30.3 Å². The van der Waals surface area contributed by atoms with Crippen molar-refractivity contribution < 1.29 is 31.3 Å². The number of aryl methyl sites for hydroxylation is 2. The normalized spacial score (nSPS) is 8.00. The molecule has 4 nitrogen and oxygen atoms in total. The van der Waals surface area contributed by atoms with Crippen molar-refractivity contribution in [1.82, 2.24) is 4.57 Å². The molecule has 0 aliphatic carbocycles. The Morgan fingerprint density at radius 2 is 1.33 bits per heavy atom. The Morgan fingerprint density at radius 3 is 1.92 bits per heavy atom. The number of nitrogens with zero attached hydrogens (tertiary/aromatic N) is 1. The molecule has 0 unspecified atom stereocenters. The minimum absolute atomic E-state index is 0. The van der Waals surface area contributed by atoms with Gasteiger partial charge in [0.2, 0.25) is 0 Å². The third kappa shape index (κ3) is 5.74. The van der Waals surface area contributed by atoms with Crippen molar-refractivity contribution >= 4 is 10.9 Å². The summed E-state index contributed by atoms with van der Waals surface area (Å²) in [5.41, 5.74) is 5.08. The van der Waals surface area contributed by atoms with Gasteiger partial charge in [-0.05, 0) is 43.7 Å². The fourth-order valence-corrected chi connectivity index (χ4v) is 2.40. The van der Waals surface area contributed by atoms with E-state index in [4.69, 9.17) is 14.0 Å². The smallest absolute Gasteiger partial charge is 0 e. The van der Waals surface area contributed by atoms with Gasteiger partial charge in [-0.25, -0.2) is 0 Å². The molecule has 24 heavy (non-hydrogen) atoms. The monoisotopic (exact) mass is 357 g/mol. The molecule has 3 rings (SSSR count). The van der Waals surface area contributed by atoms with Crippen LogP contribution < -0.4 is 0 Å². The molecule has 0 aliphatic heterocycles. The second kappa shape index (κ2) is 13.2. The van der Waals surface area contributed by atoms with Crippen molar-refractivity contribution in [3.63, 3.8) is 0 Å². The predicted molar refractivity (Wildman–Crippen MR) is 84.5 cm³/mol. The van der Waals surface area contributed by atoms with Gasteiger partial charge in [-0.15, -0.1) is 0 Å². The Hall–Kier alpha value is -2.27. The summed E-state index contributed by atoms with van der Waals surface area (Å²) >= 11 is 0. The summed E-state index contributed by atoms with van der Waals surface area (Å²) in [6.07, 6.45) is 0. The molecule has 2 aromatic carbocycles. The molecule has 0 saturated carbocycles. The molecule has 0 spiro atoms. The van der Waals surface area contributed by atoms with Gasteiger partial charge in [0.1, 0.15) is 0 Å². The molecule has 0 aliphatic rings. The molecule has 5 heteroatoms. The Morgan fingerprint density at radius 1 is 0.750 bits per heavy atom. The van der Waals surface area contributed by atoms with E-state index >= 15 is 0 Å². The third-order valence-corrected chi connectivity index (χ3v) is 3.15. The van der Waals surface area contributed by atoms with Crippen molar-refractivity contribution in [2.75, 3.05) is 0 Å². The number of para-hydroxylation sites is 1. The van der Waals surface area contributed by atoms with Crippen molar-refractivity contribution in [2.24, 2.45) is 0 Å². The van der Waals surface area contributed by atoms with E-state index < -0.39 is 0 Å². The van der Waals surface area contributed by atoms with Crippen LogP contribution >= 0.6 is 0 Å². The van der Waals surface area contributed by atoms with E-state index in [2.05, 4.69) is 93.0 Å². The summed E-state index contributed by atoms with van der Waals surface area (Å²) in [5, 5.41) is 1.30. The van der Waals surface area contributed by atoms with Crippen LogP contribution in [-0.4, -0.2) is 4.57 Å². The first-order valence-electron chi connectivity index (χ1n) is 6.51. The molecule has 120 valence electrons. The second-order valence-electron chi connectivity index (χ2n) is 4.52. The molecule has 0 amide bonds. The Balaban J connectivity index is 0. The summed E-state index contributed by atoms with van der Waals surface area (Å²) in [4.78, 5) is 0. The van der Waals surface area contributed by atoms with Crippen LogP contribution in [-0.2, 0) is 31.3 Å². The van der Waals surface area contributed by atoms with Gasteiger partial charge in [0, 0.05) is 34.1 Å². The minimum atomic E-state index is 0. The Kier molecular flexibility index (Phi) is 13.2. The van der Waals surface area contributed by atoms with Crippen molar-refractivity contribution in [3.8, 4) is 5.69 Å². The topological polar surface area (TPSA) is 64.6 Å². The summed E-state index contributed by atoms with van der Waals surface area (Å²) in [6.45, 7) is 17.8. The summed E-state index contributed by atoms with van der Waals surface area (Å²) in [6, 6.07) is 19.4. The maximum atomic E-state index is 7.50. The maximum Gasteiger partial charge on any atom is 0 e. The molecule has 0 saturated heterocycles. The number of hydrogen-bond donors (Lipinski definition) is 0. The number of benzene rings is 2. The van der Waals surface area contributed by atoms with Gasteiger partial charge in [0.15, 0.2) is 0 Å². The third-order valence-electron chi connectivity index (χ3n) is 3.15. The molecule has 1 heterocycles. The standard InChI is InChI=1S/C16H15N.3CO.Cr/c1-12-6-5-8-15(10-12)17-13(2)11-14-7-3-4-9-16(14)17;3*1-2;/h3-11H,1-2H3;;;;. The quantitative estimate of drug-likeness (QED) is 0.464. The fourth-order valence-electron chi connectivity index (χ4n) is 2.40. The first-order valence-corrected chi connectivity index (χ1v) is 6.51. The first kappa shape index (κ1) is 24.0. The minimum Gasteiger partial charge on any atom is 0 e. The Labute approximate surface area is 152 Å². The van der Waals surface area contributed by atoms with E-state index in [-0.39, 0.29) is 17.4 Å². The van der Waals surface area contributed by atoms with Crippen LogP contribution in [0, 0.1) is 33.8 Å². The van der Waals surface area contributed by atoms with Crippen molar-refractivity contribution in [3.05, 3.63) is 85.8 Å². The molecule has 0 atom stereocenters. The van der Waals surface area contributed by atoms with Crippen LogP contribution in [0.2, 0.25) is 0 Å². The van der Waals surface area contributed by atoms with E-state index in [0.717, 1.165) is 0 Å². The summed E-state index contributed by atoms with van der Waals surface area (Å²) < 4.78 is 24.8. The predicted octanol–water partition coefficient (Wildman–Crippen LogP) is 4.13. The van der Waals surface area contributed by atoms with Crippen LogP contribution in [0.25, 0.3) is 16.6 Å². The van der Waals surface area contributed by atoms with Gasteiger partial charge in [0.25, 0.3) is 0 Å². The number of aromatic nitrogens is 1. The van der Waals surface area contributed by atoms with Crippen LogP contribution in [0.1, 0.15) is 11.3 Å². The van der Waals surface area contributed by atoms with Gasteiger partial charge in [-0.2, -0.15) is 0 Å². The van der Waals surface area contributed by atoms with E-state index in [1.54, 1.807) is 0 Å². The van der Waals surface area contributed by atoms with E-state index in [0.29, 0.717) is 0 Å². The Bertz CT molecular complexity index is 802. The van der Waals surface area contributed by atoms with Gasteiger partial charge < -0.3 is 4.57 Å². The molecule has 0 bridgehead atoms. The van der Waals surface area contributed by atoms with Crippen molar-refractivity contribution in [1.29, 1.82) is 0 Å². The zero-order valence-corrected chi connectivity index (χ0v) is 14.6. The van der Waals surface area contributed by atoms with Crippen LogP contribution in [0.5, 0.6) is 0 Å². The summed E-state index contributed by atoms with van der Waals surface area (Å²) in [7, 11) is 0. The maximum absolute atomic E-state index is 7.50. The number of fused-ring (bicyclic) bond motifs is 1. The van der Waals surface area contributed by atoms with E-state index in [9.17, 15) is 0 Å². The molecule has 0 radical (unpaired) electrons. The summed E-state index contributed by atoms with van der Waals surface area (Å²) in [5.74, 6) is 0. The molecule has 1 aromatic heterocycles. The van der Waals surface area contributed by atoms with Gasteiger partial charge >= 0.3 is 33.9 Å². The van der Waals surface area contributed by atoms with Crippen LogP contribution in [0.15, 0.2) is 54.6 Å². The SMILES string of the molecule is Cc1cccc(-n2c(C)cc3ccccc32)c1.[C-]#[O+].[C-]#[O+].[C-]#[O+].[Cr]. The largest absolute Gasteiger partial charge is 0 e. The number of hydrogen-bond acceptors (Lipinski definition) is 0. The van der Waals surface area contributed by atoms with E-state index in [1.807, 2.05) is 0 Å². The average Bonchev–Trinajstić information content (AvgIpc) is 2.96. The second-order valence-corrected chi connectivity index (χ2v) is 4.52. The van der Waals surface area contributed by atoms with Crippen molar-refractivity contribution in [2.45, 2.75) is 13.8 Å². The number of rotatable bonds is 1. The first-order chi connectivity index (χ1) is 11.3. The molecular weight excluding hydrogens is 342 g/mol. The molecule has 3 aromatic rings. The zero-order chi connectivity index (χ0) is 17.8. The van der Waals surface area contributed by atoms with Crippen LogP contribution in [0.3, 0.4) is 0 Å². The van der Waals surface area contributed by atoms with Gasteiger partial charge in [-0.3, -0.25) is 0 Å². The van der Waals surface area contributed by atoms with Crippen LogP contribution in [0.4, 0.5) is 0 Å². The molecular formula is C19H15CrNO3. The molecule has 0 N–H and O–H groups in total. The van der Waals surface area contributed by atoms with Gasteiger partial charge in [0.05, 0.1) is 5.52 Å². The zero-order valence-electron chi connectivity index (χ0n) is 13.3. The average molecular weight is 357 g/mol.